The number of rotatable bonds is 6. The van der Waals surface area contributed by atoms with E-state index in [2.05, 4.69) is 105 Å². The fourth-order valence-corrected chi connectivity index (χ4v) is 4.77. The molecule has 33 heavy (non-hydrogen) atoms. The predicted octanol–water partition coefficient (Wildman–Crippen LogP) is 5.99. The Morgan fingerprint density at radius 3 is 2.24 bits per heavy atom. The van der Waals surface area contributed by atoms with E-state index in [1.165, 1.54) is 39.3 Å². The molecule has 2 aromatic carbocycles. The number of anilines is 1. The Balaban J connectivity index is 1.35. The highest BCUT2D eigenvalue weighted by molar-refractivity contribution is 5.61. The predicted molar refractivity (Wildman–Crippen MR) is 140 cm³/mol. The van der Waals surface area contributed by atoms with Crippen molar-refractivity contribution in [1.29, 1.82) is 0 Å². The normalized spacial score (nSPS) is 15.3. The molecule has 0 saturated carbocycles. The maximum Gasteiger partial charge on any atom is 0.0691 e. The molecule has 1 aromatic heterocycles. The second-order valence-corrected chi connectivity index (χ2v) is 10.6. The van der Waals surface area contributed by atoms with Gasteiger partial charge in [-0.25, -0.2) is 0 Å². The largest absolute Gasteiger partial charge is 0.369 e. The van der Waals surface area contributed by atoms with Gasteiger partial charge in [0, 0.05) is 31.9 Å². The second kappa shape index (κ2) is 9.72. The summed E-state index contributed by atoms with van der Waals surface area (Å²) in [5, 5.41) is 5.02. The quantitative estimate of drug-likeness (QED) is 0.467. The summed E-state index contributed by atoms with van der Waals surface area (Å²) in [7, 11) is 0. The third-order valence-corrected chi connectivity index (χ3v) is 6.94. The van der Waals surface area contributed by atoms with Gasteiger partial charge in [-0.2, -0.15) is 5.10 Å². The van der Waals surface area contributed by atoms with Crippen molar-refractivity contribution in [2.24, 2.45) is 0 Å². The lowest BCUT2D eigenvalue weighted by molar-refractivity contribution is 0.254. The Bertz CT molecular complexity index is 1060. The lowest BCUT2D eigenvalue weighted by Crippen LogP contribution is -2.47. The molecule has 176 valence electrons. The lowest BCUT2D eigenvalue weighted by atomic mass is 10.1. The highest BCUT2D eigenvalue weighted by atomic mass is 15.3. The highest BCUT2D eigenvalue weighted by Crippen LogP contribution is 2.28. The van der Waals surface area contributed by atoms with E-state index >= 15 is 0 Å². The molecule has 4 nitrogen and oxygen atoms in total. The van der Waals surface area contributed by atoms with Crippen LogP contribution >= 0.6 is 0 Å². The van der Waals surface area contributed by atoms with E-state index in [4.69, 9.17) is 5.10 Å². The molecule has 0 atom stereocenters. The van der Waals surface area contributed by atoms with Crippen LogP contribution in [-0.4, -0.2) is 47.4 Å². The van der Waals surface area contributed by atoms with Crippen LogP contribution in [0, 0.1) is 20.8 Å². The minimum atomic E-state index is -0.0390. The van der Waals surface area contributed by atoms with E-state index in [0.717, 1.165) is 45.6 Å². The average molecular weight is 445 g/mol. The van der Waals surface area contributed by atoms with Gasteiger partial charge in [-0.1, -0.05) is 42.0 Å². The maximum atomic E-state index is 5.02. The standard InChI is InChI=1S/C29H40N4/c1-22-12-14-25(15-13-22)28-21-26(30-33(28)29(4,5)6)10-8-16-31-17-19-32(20-18-31)27-11-7-9-23(2)24(27)3/h7,9,11-15,21H,8,10,16-20H2,1-6H3. The van der Waals surface area contributed by atoms with E-state index in [9.17, 15) is 0 Å². The van der Waals surface area contributed by atoms with Crippen LogP contribution in [0.15, 0.2) is 48.5 Å². The Kier molecular flexibility index (Phi) is 6.94. The van der Waals surface area contributed by atoms with Crippen LogP contribution in [0.5, 0.6) is 0 Å². The fraction of sp³-hybridized carbons (Fsp3) is 0.483. The number of hydrogen-bond donors (Lipinski definition) is 0. The molecule has 1 aliphatic heterocycles. The first-order valence-corrected chi connectivity index (χ1v) is 12.4. The summed E-state index contributed by atoms with van der Waals surface area (Å²) >= 11 is 0. The van der Waals surface area contributed by atoms with Crippen LogP contribution in [-0.2, 0) is 12.0 Å². The van der Waals surface area contributed by atoms with Crippen molar-refractivity contribution in [2.45, 2.75) is 59.9 Å². The lowest BCUT2D eigenvalue weighted by Gasteiger charge is -2.37. The number of aryl methyl sites for hydroxylation is 3. The summed E-state index contributed by atoms with van der Waals surface area (Å²) in [5.74, 6) is 0. The van der Waals surface area contributed by atoms with Crippen LogP contribution in [0.3, 0.4) is 0 Å². The van der Waals surface area contributed by atoms with E-state index in [1.54, 1.807) is 0 Å². The molecule has 0 aliphatic carbocycles. The second-order valence-electron chi connectivity index (χ2n) is 10.6. The van der Waals surface area contributed by atoms with Crippen LogP contribution in [0.2, 0.25) is 0 Å². The molecule has 1 fully saturated rings. The number of nitrogens with zero attached hydrogens (tertiary/aromatic N) is 4. The first-order chi connectivity index (χ1) is 15.7. The van der Waals surface area contributed by atoms with Gasteiger partial charge in [-0.15, -0.1) is 0 Å². The summed E-state index contributed by atoms with van der Waals surface area (Å²) in [6.45, 7) is 18.9. The smallest absolute Gasteiger partial charge is 0.0691 e. The van der Waals surface area contributed by atoms with Crippen molar-refractivity contribution in [3.05, 3.63) is 70.9 Å². The minimum Gasteiger partial charge on any atom is -0.369 e. The summed E-state index contributed by atoms with van der Waals surface area (Å²) in [5.41, 5.74) is 9.14. The molecule has 0 spiro atoms. The molecular formula is C29H40N4. The van der Waals surface area contributed by atoms with Gasteiger partial charge in [0.1, 0.15) is 0 Å². The van der Waals surface area contributed by atoms with Gasteiger partial charge >= 0.3 is 0 Å². The average Bonchev–Trinajstić information content (AvgIpc) is 3.22. The minimum absolute atomic E-state index is 0.0390. The molecule has 4 heteroatoms. The van der Waals surface area contributed by atoms with Crippen molar-refractivity contribution in [1.82, 2.24) is 14.7 Å². The third-order valence-electron chi connectivity index (χ3n) is 6.94. The Morgan fingerprint density at radius 2 is 1.58 bits per heavy atom. The highest BCUT2D eigenvalue weighted by Gasteiger charge is 2.21. The maximum absolute atomic E-state index is 5.02. The topological polar surface area (TPSA) is 24.3 Å². The zero-order valence-electron chi connectivity index (χ0n) is 21.4. The molecular weight excluding hydrogens is 404 g/mol. The van der Waals surface area contributed by atoms with Crippen molar-refractivity contribution in [3.63, 3.8) is 0 Å². The van der Waals surface area contributed by atoms with E-state index in [1.807, 2.05) is 0 Å². The first-order valence-electron chi connectivity index (χ1n) is 12.4. The molecule has 0 radical (unpaired) electrons. The number of benzene rings is 2. The van der Waals surface area contributed by atoms with Crippen LogP contribution in [0.25, 0.3) is 11.3 Å². The Hall–Kier alpha value is -2.59. The number of aromatic nitrogens is 2. The summed E-state index contributed by atoms with van der Waals surface area (Å²) in [4.78, 5) is 5.17. The monoisotopic (exact) mass is 444 g/mol. The van der Waals surface area contributed by atoms with Gasteiger partial charge in [0.05, 0.1) is 16.9 Å². The van der Waals surface area contributed by atoms with Crippen molar-refractivity contribution < 1.29 is 0 Å². The van der Waals surface area contributed by atoms with Gasteiger partial charge in [0.15, 0.2) is 0 Å². The van der Waals surface area contributed by atoms with E-state index < -0.39 is 0 Å². The Labute approximate surface area is 200 Å². The Morgan fingerprint density at radius 1 is 0.879 bits per heavy atom. The summed E-state index contributed by atoms with van der Waals surface area (Å²) in [6.07, 6.45) is 2.18. The molecule has 3 aromatic rings. The molecule has 0 bridgehead atoms. The van der Waals surface area contributed by atoms with E-state index in [0.29, 0.717) is 0 Å². The summed E-state index contributed by atoms with van der Waals surface area (Å²) in [6, 6.07) is 17.8. The SMILES string of the molecule is Cc1ccc(-c2cc(CCCN3CCN(c4cccc(C)c4C)CC3)nn2C(C)(C)C)cc1. The van der Waals surface area contributed by atoms with Crippen LogP contribution in [0.1, 0.15) is 49.6 Å². The van der Waals surface area contributed by atoms with Crippen LogP contribution < -0.4 is 4.90 Å². The molecule has 0 unspecified atom stereocenters. The van der Waals surface area contributed by atoms with Gasteiger partial charge in [-0.05, 0) is 89.8 Å². The zero-order chi connectivity index (χ0) is 23.6. The van der Waals surface area contributed by atoms with Gasteiger partial charge in [0.25, 0.3) is 0 Å². The molecule has 1 aliphatic rings. The fourth-order valence-electron chi connectivity index (χ4n) is 4.77. The number of hydrogen-bond acceptors (Lipinski definition) is 3. The van der Waals surface area contributed by atoms with Crippen molar-refractivity contribution in [3.8, 4) is 11.3 Å². The van der Waals surface area contributed by atoms with Crippen molar-refractivity contribution >= 4 is 5.69 Å². The third kappa shape index (κ3) is 5.50. The first kappa shape index (κ1) is 23.6. The van der Waals surface area contributed by atoms with Gasteiger partial charge < -0.3 is 4.90 Å². The molecule has 4 rings (SSSR count). The van der Waals surface area contributed by atoms with E-state index in [-0.39, 0.29) is 5.54 Å². The van der Waals surface area contributed by atoms with Gasteiger partial charge in [0.2, 0.25) is 0 Å². The zero-order valence-corrected chi connectivity index (χ0v) is 21.4. The molecule has 0 amide bonds. The van der Waals surface area contributed by atoms with Crippen LogP contribution in [0.4, 0.5) is 5.69 Å². The number of piperazine rings is 1. The van der Waals surface area contributed by atoms with Gasteiger partial charge in [-0.3, -0.25) is 9.58 Å². The molecule has 2 heterocycles. The molecule has 0 N–H and O–H groups in total. The van der Waals surface area contributed by atoms with Crippen molar-refractivity contribution in [2.75, 3.05) is 37.6 Å². The molecule has 1 saturated heterocycles. The summed E-state index contributed by atoms with van der Waals surface area (Å²) < 4.78 is 2.20.